The number of nitrogens with one attached hydrogen (secondary N) is 2. The van der Waals surface area contributed by atoms with Crippen molar-refractivity contribution in [1.82, 2.24) is 10.2 Å². The summed E-state index contributed by atoms with van der Waals surface area (Å²) in [4.78, 5) is 0. The van der Waals surface area contributed by atoms with E-state index in [4.69, 9.17) is 11.7 Å². The van der Waals surface area contributed by atoms with Gasteiger partial charge in [-0.25, -0.2) is 5.84 Å². The fraction of sp³-hybridized carbons (Fsp3) is 0. The number of nitrogens with two attached hydrogens (primary N) is 2. The van der Waals surface area contributed by atoms with Gasteiger partial charge in [-0.05, 0) is 6.07 Å². The molecule has 0 atom stereocenters. The average Bonchev–Trinajstić information content (AvgIpc) is 2.27. The van der Waals surface area contributed by atoms with Crippen LogP contribution in [0.15, 0.2) is 24.4 Å². The van der Waals surface area contributed by atoms with Crippen LogP contribution in [0, 0.1) is 0 Å². The lowest BCUT2D eigenvalue weighted by molar-refractivity contribution is 1.04. The first-order valence-corrected chi connectivity index (χ1v) is 4.04. The molecule has 2 rings (SSSR count). The van der Waals surface area contributed by atoms with Crippen LogP contribution in [0.25, 0.3) is 10.8 Å². The highest BCUT2D eigenvalue weighted by Gasteiger charge is 2.05. The largest absolute Gasteiger partial charge is 0.323 e. The van der Waals surface area contributed by atoms with E-state index in [1.807, 2.05) is 18.2 Å². The van der Waals surface area contributed by atoms with E-state index in [9.17, 15) is 0 Å². The zero-order chi connectivity index (χ0) is 9.97. The van der Waals surface area contributed by atoms with Gasteiger partial charge in [0.1, 0.15) is 0 Å². The Bertz CT molecular complexity index is 416. The standard InChI is InChI=1S/C8H10N6/c9-12-6-3-1-2-5-4-11-14-8(13-10)7(5)6/h1-4,12H,9-10H2,(H,13,14). The maximum Gasteiger partial charge on any atom is 0.172 e. The van der Waals surface area contributed by atoms with Gasteiger partial charge in [-0.15, -0.1) is 5.10 Å². The molecular formula is C8H10N6. The molecule has 0 bridgehead atoms. The second-order valence-corrected chi connectivity index (χ2v) is 2.75. The summed E-state index contributed by atoms with van der Waals surface area (Å²) >= 11 is 0. The van der Waals surface area contributed by atoms with Gasteiger partial charge in [-0.1, -0.05) is 12.1 Å². The van der Waals surface area contributed by atoms with Gasteiger partial charge in [0.15, 0.2) is 5.82 Å². The Hall–Kier alpha value is -1.92. The lowest BCUT2D eigenvalue weighted by atomic mass is 10.1. The number of benzene rings is 1. The van der Waals surface area contributed by atoms with E-state index in [0.717, 1.165) is 16.5 Å². The van der Waals surface area contributed by atoms with E-state index in [2.05, 4.69) is 21.0 Å². The Kier molecular flexibility index (Phi) is 2.13. The quantitative estimate of drug-likeness (QED) is 0.398. The third-order valence-corrected chi connectivity index (χ3v) is 1.98. The first-order chi connectivity index (χ1) is 6.86. The van der Waals surface area contributed by atoms with Crippen LogP contribution in [0.2, 0.25) is 0 Å². The zero-order valence-electron chi connectivity index (χ0n) is 7.36. The van der Waals surface area contributed by atoms with Crippen molar-refractivity contribution in [3.8, 4) is 0 Å². The van der Waals surface area contributed by atoms with Crippen molar-refractivity contribution in [2.75, 3.05) is 10.9 Å². The Morgan fingerprint density at radius 3 is 2.71 bits per heavy atom. The van der Waals surface area contributed by atoms with Gasteiger partial charge >= 0.3 is 0 Å². The maximum atomic E-state index is 5.37. The van der Waals surface area contributed by atoms with Gasteiger partial charge in [0, 0.05) is 5.39 Å². The molecule has 0 radical (unpaired) electrons. The van der Waals surface area contributed by atoms with E-state index < -0.39 is 0 Å². The van der Waals surface area contributed by atoms with E-state index in [1.54, 1.807) is 6.20 Å². The molecule has 1 aromatic heterocycles. The minimum absolute atomic E-state index is 0.496. The van der Waals surface area contributed by atoms with Crippen molar-refractivity contribution < 1.29 is 0 Å². The van der Waals surface area contributed by atoms with Gasteiger partial charge in [0.05, 0.1) is 17.3 Å². The first kappa shape index (κ1) is 8.67. The normalized spacial score (nSPS) is 10.1. The van der Waals surface area contributed by atoms with Crippen molar-refractivity contribution in [2.24, 2.45) is 11.7 Å². The van der Waals surface area contributed by atoms with Crippen LogP contribution in [0.5, 0.6) is 0 Å². The number of aromatic nitrogens is 2. The Morgan fingerprint density at radius 1 is 1.14 bits per heavy atom. The van der Waals surface area contributed by atoms with Crippen LogP contribution in [-0.2, 0) is 0 Å². The number of nitrogens with zero attached hydrogens (tertiary/aromatic N) is 2. The summed E-state index contributed by atoms with van der Waals surface area (Å²) in [6.45, 7) is 0. The molecule has 72 valence electrons. The predicted molar refractivity (Wildman–Crippen MR) is 55.2 cm³/mol. The molecule has 0 aliphatic rings. The summed E-state index contributed by atoms with van der Waals surface area (Å²) in [6.07, 6.45) is 1.65. The molecule has 0 aliphatic heterocycles. The van der Waals surface area contributed by atoms with Crippen LogP contribution >= 0.6 is 0 Å². The monoisotopic (exact) mass is 190 g/mol. The summed E-state index contributed by atoms with van der Waals surface area (Å²) in [5.74, 6) is 11.2. The molecule has 0 aliphatic carbocycles. The Labute approximate surface area is 80.2 Å². The molecule has 6 heteroatoms. The molecule has 6 nitrogen and oxygen atoms in total. The van der Waals surface area contributed by atoms with Crippen molar-refractivity contribution in [3.63, 3.8) is 0 Å². The molecule has 1 aromatic carbocycles. The summed E-state index contributed by atoms with van der Waals surface area (Å²) < 4.78 is 0. The van der Waals surface area contributed by atoms with Crippen LogP contribution in [0.1, 0.15) is 0 Å². The Balaban J connectivity index is 2.81. The van der Waals surface area contributed by atoms with Crippen LogP contribution in [0.4, 0.5) is 11.5 Å². The van der Waals surface area contributed by atoms with Gasteiger partial charge in [-0.3, -0.25) is 5.84 Å². The van der Waals surface area contributed by atoms with Gasteiger partial charge in [0.25, 0.3) is 0 Å². The van der Waals surface area contributed by atoms with Crippen LogP contribution in [0.3, 0.4) is 0 Å². The molecule has 0 amide bonds. The van der Waals surface area contributed by atoms with E-state index >= 15 is 0 Å². The fourth-order valence-electron chi connectivity index (χ4n) is 1.36. The number of hydrogen-bond acceptors (Lipinski definition) is 6. The predicted octanol–water partition coefficient (Wildman–Crippen LogP) is 0.201. The summed E-state index contributed by atoms with van der Waals surface area (Å²) in [6, 6.07) is 5.62. The summed E-state index contributed by atoms with van der Waals surface area (Å²) in [5.41, 5.74) is 5.81. The summed E-state index contributed by atoms with van der Waals surface area (Å²) in [7, 11) is 0. The minimum atomic E-state index is 0.496. The molecule has 0 spiro atoms. The number of rotatable bonds is 2. The SMILES string of the molecule is NNc1cccc2cnnc(NN)c12. The molecule has 1 heterocycles. The second kappa shape index (κ2) is 3.44. The van der Waals surface area contributed by atoms with Gasteiger partial charge in [0.2, 0.25) is 0 Å². The van der Waals surface area contributed by atoms with Gasteiger partial charge in [-0.2, -0.15) is 5.10 Å². The highest BCUT2D eigenvalue weighted by Crippen LogP contribution is 2.26. The van der Waals surface area contributed by atoms with E-state index in [1.165, 1.54) is 0 Å². The van der Waals surface area contributed by atoms with E-state index in [0.29, 0.717) is 5.82 Å². The molecular weight excluding hydrogens is 180 g/mol. The molecule has 6 N–H and O–H groups in total. The van der Waals surface area contributed by atoms with Crippen molar-refractivity contribution in [1.29, 1.82) is 0 Å². The highest BCUT2D eigenvalue weighted by molar-refractivity contribution is 6.00. The van der Waals surface area contributed by atoms with Crippen molar-refractivity contribution >= 4 is 22.3 Å². The third-order valence-electron chi connectivity index (χ3n) is 1.98. The zero-order valence-corrected chi connectivity index (χ0v) is 7.36. The number of fused-ring (bicyclic) bond motifs is 1. The average molecular weight is 190 g/mol. The topological polar surface area (TPSA) is 102 Å². The molecule has 0 unspecified atom stereocenters. The smallest absolute Gasteiger partial charge is 0.172 e. The molecule has 0 saturated heterocycles. The highest BCUT2D eigenvalue weighted by atomic mass is 15.3. The summed E-state index contributed by atoms with van der Waals surface area (Å²) in [5, 5.41) is 9.40. The molecule has 14 heavy (non-hydrogen) atoms. The van der Waals surface area contributed by atoms with E-state index in [-0.39, 0.29) is 0 Å². The lowest BCUT2D eigenvalue weighted by Crippen LogP contribution is -2.12. The lowest BCUT2D eigenvalue weighted by Gasteiger charge is -2.08. The Morgan fingerprint density at radius 2 is 2.00 bits per heavy atom. The first-order valence-electron chi connectivity index (χ1n) is 4.04. The number of nitrogen functional groups attached to an aromatic ring is 2. The number of hydrogen-bond donors (Lipinski definition) is 4. The second-order valence-electron chi connectivity index (χ2n) is 2.75. The molecule has 0 saturated carbocycles. The van der Waals surface area contributed by atoms with Crippen molar-refractivity contribution in [3.05, 3.63) is 24.4 Å². The number of hydrazine groups is 2. The van der Waals surface area contributed by atoms with Crippen LogP contribution in [-0.4, -0.2) is 10.2 Å². The minimum Gasteiger partial charge on any atom is -0.323 e. The number of anilines is 2. The van der Waals surface area contributed by atoms with Crippen molar-refractivity contribution in [2.45, 2.75) is 0 Å². The van der Waals surface area contributed by atoms with Crippen LogP contribution < -0.4 is 22.5 Å². The van der Waals surface area contributed by atoms with Gasteiger partial charge < -0.3 is 10.9 Å². The fourth-order valence-corrected chi connectivity index (χ4v) is 1.36. The maximum absolute atomic E-state index is 5.37. The third kappa shape index (κ3) is 1.22. The molecule has 2 aromatic rings. The molecule has 0 fully saturated rings.